The second kappa shape index (κ2) is 9.13. The predicted molar refractivity (Wildman–Crippen MR) is 72.8 cm³/mol. The molecule has 5 N–H and O–H groups in total. The van der Waals surface area contributed by atoms with Crippen molar-refractivity contribution in [2.24, 2.45) is 0 Å². The first kappa shape index (κ1) is 17.3. The van der Waals surface area contributed by atoms with E-state index >= 15 is 0 Å². The Morgan fingerprint density at radius 3 is 2.19 bits per heavy atom. The van der Waals surface area contributed by atoms with Crippen molar-refractivity contribution in [2.75, 3.05) is 0 Å². The summed E-state index contributed by atoms with van der Waals surface area (Å²) in [6.45, 7) is 2.13. The van der Waals surface area contributed by atoms with Crippen LogP contribution in [0, 0.1) is 5.41 Å². The van der Waals surface area contributed by atoms with E-state index in [0.29, 0.717) is 0 Å². The molecule has 4 heteroatoms. The van der Waals surface area contributed by atoms with Crippen LogP contribution in [0.25, 0.3) is 0 Å². The molecule has 0 fully saturated rings. The van der Waals surface area contributed by atoms with Gasteiger partial charge in [0.1, 0.15) is 7.85 Å². The van der Waals surface area contributed by atoms with Gasteiger partial charge in [-0.1, -0.05) is 43.1 Å². The largest absolute Gasteiger partial charge is 0.412 e. The van der Waals surface area contributed by atoms with Crippen LogP contribution in [0.3, 0.4) is 0 Å². The third-order valence-electron chi connectivity index (χ3n) is 2.39. The van der Waals surface area contributed by atoms with E-state index < -0.39 is 0 Å². The minimum atomic E-state index is 0. The van der Waals surface area contributed by atoms with Crippen LogP contribution in [0.2, 0.25) is 0 Å². The summed E-state index contributed by atoms with van der Waals surface area (Å²) in [4.78, 5) is 0. The molecule has 0 aliphatic carbocycles. The molecule has 1 rings (SSSR count). The van der Waals surface area contributed by atoms with Gasteiger partial charge in [0.15, 0.2) is 0 Å². The first-order valence-electron chi connectivity index (χ1n) is 5.34. The molecule has 1 aromatic carbocycles. The van der Waals surface area contributed by atoms with Crippen LogP contribution in [0.5, 0.6) is 0 Å². The zero-order valence-corrected chi connectivity index (χ0v) is 10.1. The maximum atomic E-state index is 7.68. The van der Waals surface area contributed by atoms with Gasteiger partial charge in [-0.05, 0) is 24.8 Å². The van der Waals surface area contributed by atoms with Crippen LogP contribution in [-0.2, 0) is 6.42 Å². The van der Waals surface area contributed by atoms with Crippen molar-refractivity contribution in [3.05, 3.63) is 29.8 Å². The molecule has 0 spiro atoms. The molecule has 0 heterocycles. The average Bonchev–Trinajstić information content (AvgIpc) is 2.17. The van der Waals surface area contributed by atoms with Gasteiger partial charge in [0.05, 0.1) is 0 Å². The van der Waals surface area contributed by atoms with Crippen molar-refractivity contribution in [2.45, 2.75) is 32.6 Å². The van der Waals surface area contributed by atoms with Crippen molar-refractivity contribution in [3.63, 3.8) is 0 Å². The van der Waals surface area contributed by atoms with Crippen molar-refractivity contribution in [1.29, 1.82) is 5.41 Å². The van der Waals surface area contributed by atoms with Gasteiger partial charge in [-0.3, -0.25) is 0 Å². The molecular weight excluding hydrogens is 201 g/mol. The van der Waals surface area contributed by atoms with Gasteiger partial charge in [-0.2, -0.15) is 0 Å². The van der Waals surface area contributed by atoms with Crippen LogP contribution in [0.1, 0.15) is 31.7 Å². The lowest BCUT2D eigenvalue weighted by Gasteiger charge is -2.03. The summed E-state index contributed by atoms with van der Waals surface area (Å²) in [7, 11) is 2.10. The van der Waals surface area contributed by atoms with Crippen LogP contribution in [0.4, 0.5) is 0 Å². The molecule has 0 unspecified atom stereocenters. The van der Waals surface area contributed by atoms with Crippen LogP contribution in [-0.4, -0.2) is 24.5 Å². The summed E-state index contributed by atoms with van der Waals surface area (Å²) in [5.41, 5.74) is 3.53. The monoisotopic (exact) mass is 223 g/mol. The zero-order chi connectivity index (χ0) is 10.4. The van der Waals surface area contributed by atoms with Crippen LogP contribution >= 0.6 is 0 Å². The smallest absolute Gasteiger partial charge is 0.139 e. The van der Waals surface area contributed by atoms with E-state index in [4.69, 9.17) is 5.41 Å². The fraction of sp³-hybridized carbons (Fsp3) is 0.417. The van der Waals surface area contributed by atoms with Gasteiger partial charge < -0.3 is 16.4 Å². The fourth-order valence-corrected chi connectivity index (χ4v) is 1.48. The molecule has 0 amide bonds. The van der Waals surface area contributed by atoms with E-state index in [-0.39, 0.29) is 11.0 Å². The highest BCUT2D eigenvalue weighted by Crippen LogP contribution is 2.04. The lowest BCUT2D eigenvalue weighted by Crippen LogP contribution is -2.02. The normalized spacial score (nSPS) is 8.81. The summed E-state index contributed by atoms with van der Waals surface area (Å²) >= 11 is 0. The van der Waals surface area contributed by atoms with E-state index in [9.17, 15) is 0 Å². The molecule has 0 saturated carbocycles. The molecule has 0 atom stereocenters. The third kappa shape index (κ3) is 6.38. The highest BCUT2D eigenvalue weighted by Gasteiger charge is 1.97. The highest BCUT2D eigenvalue weighted by atomic mass is 16.0. The quantitative estimate of drug-likeness (QED) is 0.540. The van der Waals surface area contributed by atoms with Crippen molar-refractivity contribution < 1.29 is 11.0 Å². The molecule has 3 nitrogen and oxygen atoms in total. The minimum Gasteiger partial charge on any atom is -0.412 e. The van der Waals surface area contributed by atoms with Gasteiger partial charge in [0.25, 0.3) is 0 Å². The lowest BCUT2D eigenvalue weighted by molar-refractivity contribution is 0.823. The Morgan fingerprint density at radius 1 is 1.12 bits per heavy atom. The summed E-state index contributed by atoms with van der Waals surface area (Å²) in [5, 5.41) is 7.68. The highest BCUT2D eigenvalue weighted by molar-refractivity contribution is 6.32. The first-order chi connectivity index (χ1) is 6.72. The zero-order valence-electron chi connectivity index (χ0n) is 10.1. The first-order valence-corrected chi connectivity index (χ1v) is 5.34. The van der Waals surface area contributed by atoms with Gasteiger partial charge in [-0.25, -0.2) is 0 Å². The predicted octanol–water partition coefficient (Wildman–Crippen LogP) is 0.0481. The molecule has 0 saturated heterocycles. The molecule has 1 aromatic rings. The van der Waals surface area contributed by atoms with Crippen LogP contribution < -0.4 is 5.46 Å². The van der Waals surface area contributed by atoms with E-state index in [1.54, 1.807) is 0 Å². The van der Waals surface area contributed by atoms with Crippen molar-refractivity contribution in [3.8, 4) is 0 Å². The summed E-state index contributed by atoms with van der Waals surface area (Å²) < 4.78 is 0. The fourth-order valence-electron chi connectivity index (χ4n) is 1.48. The Bertz CT molecular complexity index is 298. The topological polar surface area (TPSA) is 86.8 Å². The second-order valence-corrected chi connectivity index (χ2v) is 3.84. The number of hydrogen-bond acceptors (Lipinski definition) is 1. The van der Waals surface area contributed by atoms with Crippen LogP contribution in [0.15, 0.2) is 24.3 Å². The second-order valence-electron chi connectivity index (χ2n) is 3.84. The van der Waals surface area contributed by atoms with Crippen molar-refractivity contribution in [1.82, 2.24) is 0 Å². The van der Waals surface area contributed by atoms with E-state index in [2.05, 4.69) is 39.0 Å². The number of aryl methyl sites for hydroxylation is 1. The minimum absolute atomic E-state index is 0. The maximum absolute atomic E-state index is 7.68. The number of rotatable bonds is 5. The lowest BCUT2D eigenvalue weighted by atomic mass is 9.94. The van der Waals surface area contributed by atoms with Gasteiger partial charge >= 0.3 is 0 Å². The van der Waals surface area contributed by atoms with Gasteiger partial charge in [0.2, 0.25) is 0 Å². The Labute approximate surface area is 98.4 Å². The molecule has 16 heavy (non-hydrogen) atoms. The maximum Gasteiger partial charge on any atom is 0.139 e. The Kier molecular flexibility index (Phi) is 9.85. The van der Waals surface area contributed by atoms with Gasteiger partial charge in [0, 0.05) is 5.71 Å². The molecule has 0 radical (unpaired) electrons. The number of nitrogens with one attached hydrogen (secondary N) is 1. The molecule has 90 valence electrons. The van der Waals surface area contributed by atoms with Crippen molar-refractivity contribution >= 4 is 19.0 Å². The van der Waals surface area contributed by atoms with E-state index in [1.165, 1.54) is 11.0 Å². The SMILES string of the molecule is Bc1ccc(CCC(=N)CCC)cc1.O.O. The molecule has 0 aliphatic heterocycles. The number of hydrogen-bond donors (Lipinski definition) is 1. The molecule has 0 bridgehead atoms. The Hall–Kier alpha value is -1.13. The summed E-state index contributed by atoms with van der Waals surface area (Å²) in [6, 6.07) is 8.60. The Balaban J connectivity index is 0. The molecular formula is C12H22BNO2. The average molecular weight is 223 g/mol. The molecule has 0 aromatic heterocycles. The molecule has 0 aliphatic rings. The number of benzene rings is 1. The Morgan fingerprint density at radius 2 is 1.69 bits per heavy atom. The van der Waals surface area contributed by atoms with E-state index in [0.717, 1.165) is 31.4 Å². The van der Waals surface area contributed by atoms with Gasteiger partial charge in [-0.15, -0.1) is 0 Å². The summed E-state index contributed by atoms with van der Waals surface area (Å²) in [6.07, 6.45) is 3.97. The third-order valence-corrected chi connectivity index (χ3v) is 2.39. The summed E-state index contributed by atoms with van der Waals surface area (Å²) in [5.74, 6) is 0. The van der Waals surface area contributed by atoms with E-state index in [1.807, 2.05) is 0 Å². The standard InChI is InChI=1S/C12H18BN.2H2O/c1-2-3-12(14)9-6-10-4-7-11(13)8-5-10;;/h4-5,7-8,14H,2-3,6,9,13H2,1H3;2*1H2.